The zero-order valence-corrected chi connectivity index (χ0v) is 11.6. The highest BCUT2D eigenvalue weighted by Crippen LogP contribution is 2.16. The third-order valence-electron chi connectivity index (χ3n) is 2.53. The standard InChI is InChI=1S/C14H21ClFN/c1-14(2,3)17-9-5-4-6-11-7-8-12(15)13(16)10-11/h7-8,10,17H,4-6,9H2,1-3H3. The first kappa shape index (κ1) is 14.5. The summed E-state index contributed by atoms with van der Waals surface area (Å²) in [5, 5.41) is 3.63. The Balaban J connectivity index is 2.25. The van der Waals surface area contributed by atoms with Gasteiger partial charge in [-0.3, -0.25) is 0 Å². The molecule has 0 atom stereocenters. The third-order valence-corrected chi connectivity index (χ3v) is 2.84. The highest BCUT2D eigenvalue weighted by molar-refractivity contribution is 6.30. The van der Waals surface area contributed by atoms with Crippen LogP contribution in [0, 0.1) is 5.82 Å². The summed E-state index contributed by atoms with van der Waals surface area (Å²) in [6.45, 7) is 7.46. The van der Waals surface area contributed by atoms with Gasteiger partial charge in [-0.25, -0.2) is 4.39 Å². The van der Waals surface area contributed by atoms with E-state index >= 15 is 0 Å². The fourth-order valence-electron chi connectivity index (χ4n) is 1.61. The number of aryl methyl sites for hydroxylation is 1. The van der Waals surface area contributed by atoms with Crippen LogP contribution in [0.1, 0.15) is 39.2 Å². The average Bonchev–Trinajstić information content (AvgIpc) is 2.21. The minimum Gasteiger partial charge on any atom is -0.312 e. The van der Waals surface area contributed by atoms with E-state index < -0.39 is 0 Å². The molecule has 1 aromatic rings. The van der Waals surface area contributed by atoms with Gasteiger partial charge < -0.3 is 5.32 Å². The largest absolute Gasteiger partial charge is 0.312 e. The number of halogens is 2. The van der Waals surface area contributed by atoms with Gasteiger partial charge in [0.15, 0.2) is 0 Å². The van der Waals surface area contributed by atoms with Crippen molar-refractivity contribution in [2.24, 2.45) is 0 Å². The molecule has 0 saturated heterocycles. The van der Waals surface area contributed by atoms with E-state index in [2.05, 4.69) is 26.1 Å². The van der Waals surface area contributed by atoms with Gasteiger partial charge in [-0.15, -0.1) is 0 Å². The molecule has 1 nitrogen and oxygen atoms in total. The zero-order chi connectivity index (χ0) is 12.9. The Labute approximate surface area is 108 Å². The van der Waals surface area contributed by atoms with Crippen molar-refractivity contribution >= 4 is 11.6 Å². The number of hydrogen-bond donors (Lipinski definition) is 1. The molecule has 0 heterocycles. The van der Waals surface area contributed by atoms with E-state index in [1.54, 1.807) is 6.07 Å². The van der Waals surface area contributed by atoms with Crippen molar-refractivity contribution < 1.29 is 4.39 Å². The Morgan fingerprint density at radius 1 is 1.24 bits per heavy atom. The average molecular weight is 258 g/mol. The topological polar surface area (TPSA) is 12.0 Å². The molecule has 0 bridgehead atoms. The van der Waals surface area contributed by atoms with E-state index in [0.717, 1.165) is 31.4 Å². The van der Waals surface area contributed by atoms with Crippen LogP contribution in [-0.4, -0.2) is 12.1 Å². The smallest absolute Gasteiger partial charge is 0.142 e. The number of nitrogens with one attached hydrogen (secondary N) is 1. The van der Waals surface area contributed by atoms with Gasteiger partial charge in [-0.1, -0.05) is 17.7 Å². The summed E-state index contributed by atoms with van der Waals surface area (Å²) in [7, 11) is 0. The minimum atomic E-state index is -0.322. The maximum Gasteiger partial charge on any atom is 0.142 e. The minimum absolute atomic E-state index is 0.173. The molecule has 0 spiro atoms. The van der Waals surface area contributed by atoms with E-state index in [1.807, 2.05) is 6.07 Å². The van der Waals surface area contributed by atoms with Crippen molar-refractivity contribution in [1.82, 2.24) is 5.32 Å². The first-order valence-electron chi connectivity index (χ1n) is 6.07. The monoisotopic (exact) mass is 257 g/mol. The van der Waals surface area contributed by atoms with Crippen molar-refractivity contribution in [1.29, 1.82) is 0 Å². The molecule has 0 fully saturated rings. The maximum absolute atomic E-state index is 13.2. The molecule has 0 aromatic heterocycles. The van der Waals surface area contributed by atoms with E-state index in [9.17, 15) is 4.39 Å². The summed E-state index contributed by atoms with van der Waals surface area (Å²) in [6, 6.07) is 5.04. The van der Waals surface area contributed by atoms with Crippen LogP contribution < -0.4 is 5.32 Å². The van der Waals surface area contributed by atoms with Gasteiger partial charge in [-0.2, -0.15) is 0 Å². The molecular formula is C14H21ClFN. The van der Waals surface area contributed by atoms with Crippen molar-refractivity contribution in [3.8, 4) is 0 Å². The van der Waals surface area contributed by atoms with Crippen LogP contribution in [0.4, 0.5) is 4.39 Å². The molecule has 3 heteroatoms. The fourth-order valence-corrected chi connectivity index (χ4v) is 1.73. The zero-order valence-electron chi connectivity index (χ0n) is 10.8. The fraction of sp³-hybridized carbons (Fsp3) is 0.571. The lowest BCUT2D eigenvalue weighted by atomic mass is 10.1. The van der Waals surface area contributed by atoms with Crippen LogP contribution in [0.5, 0.6) is 0 Å². The molecule has 0 saturated carbocycles. The Hall–Kier alpha value is -0.600. The molecular weight excluding hydrogens is 237 g/mol. The van der Waals surface area contributed by atoms with Gasteiger partial charge in [0.1, 0.15) is 5.82 Å². The Morgan fingerprint density at radius 3 is 2.53 bits per heavy atom. The van der Waals surface area contributed by atoms with Crippen LogP contribution in [0.3, 0.4) is 0 Å². The predicted molar refractivity (Wildman–Crippen MR) is 72.1 cm³/mol. The van der Waals surface area contributed by atoms with Crippen LogP contribution in [0.25, 0.3) is 0 Å². The number of rotatable bonds is 5. The number of hydrogen-bond acceptors (Lipinski definition) is 1. The third kappa shape index (κ3) is 6.04. The number of unbranched alkanes of at least 4 members (excludes halogenated alkanes) is 1. The van der Waals surface area contributed by atoms with Crippen LogP contribution in [0.15, 0.2) is 18.2 Å². The van der Waals surface area contributed by atoms with Crippen LogP contribution in [-0.2, 0) is 6.42 Å². The quantitative estimate of drug-likeness (QED) is 0.780. The first-order chi connectivity index (χ1) is 7.88. The molecule has 0 radical (unpaired) electrons. The second-order valence-corrected chi connectivity index (χ2v) is 5.79. The molecule has 0 unspecified atom stereocenters. The summed E-state index contributed by atoms with van der Waals surface area (Å²) in [5.41, 5.74) is 1.19. The normalized spacial score (nSPS) is 11.8. The molecule has 96 valence electrons. The first-order valence-corrected chi connectivity index (χ1v) is 6.45. The number of benzene rings is 1. The lowest BCUT2D eigenvalue weighted by Gasteiger charge is -2.20. The van der Waals surface area contributed by atoms with Gasteiger partial charge in [0.25, 0.3) is 0 Å². The van der Waals surface area contributed by atoms with Crippen LogP contribution in [0.2, 0.25) is 5.02 Å². The summed E-state index contributed by atoms with van der Waals surface area (Å²) in [5.74, 6) is -0.322. The molecule has 17 heavy (non-hydrogen) atoms. The summed E-state index contributed by atoms with van der Waals surface area (Å²) in [4.78, 5) is 0. The Morgan fingerprint density at radius 2 is 1.94 bits per heavy atom. The Bertz CT molecular complexity index is 358. The summed E-state index contributed by atoms with van der Waals surface area (Å²) < 4.78 is 13.2. The second kappa shape index (κ2) is 6.36. The molecule has 0 aliphatic carbocycles. The molecule has 1 rings (SSSR count). The SMILES string of the molecule is CC(C)(C)NCCCCc1ccc(Cl)c(F)c1. The van der Waals surface area contributed by atoms with Crippen LogP contribution >= 0.6 is 11.6 Å². The highest BCUT2D eigenvalue weighted by atomic mass is 35.5. The molecule has 1 aromatic carbocycles. The van der Waals surface area contributed by atoms with Crippen molar-refractivity contribution in [3.63, 3.8) is 0 Å². The van der Waals surface area contributed by atoms with E-state index in [0.29, 0.717) is 0 Å². The Kier molecular flexibility index (Phi) is 5.41. The van der Waals surface area contributed by atoms with E-state index in [4.69, 9.17) is 11.6 Å². The van der Waals surface area contributed by atoms with E-state index in [1.165, 1.54) is 6.07 Å². The summed E-state index contributed by atoms with van der Waals surface area (Å²) in [6.07, 6.45) is 3.06. The lowest BCUT2D eigenvalue weighted by Crippen LogP contribution is -2.36. The van der Waals surface area contributed by atoms with Gasteiger partial charge in [0.05, 0.1) is 5.02 Å². The van der Waals surface area contributed by atoms with Crippen molar-refractivity contribution in [2.75, 3.05) is 6.54 Å². The predicted octanol–water partition coefficient (Wildman–Crippen LogP) is 4.19. The molecule has 0 aliphatic rings. The van der Waals surface area contributed by atoms with Crippen molar-refractivity contribution in [2.45, 2.75) is 45.6 Å². The van der Waals surface area contributed by atoms with Crippen molar-refractivity contribution in [3.05, 3.63) is 34.6 Å². The molecule has 0 aliphatic heterocycles. The van der Waals surface area contributed by atoms with Gasteiger partial charge >= 0.3 is 0 Å². The van der Waals surface area contributed by atoms with Gasteiger partial charge in [0.2, 0.25) is 0 Å². The molecule has 0 amide bonds. The second-order valence-electron chi connectivity index (χ2n) is 5.38. The summed E-state index contributed by atoms with van der Waals surface area (Å²) >= 11 is 5.63. The maximum atomic E-state index is 13.2. The van der Waals surface area contributed by atoms with Gasteiger partial charge in [-0.05, 0) is 64.3 Å². The van der Waals surface area contributed by atoms with Gasteiger partial charge in [0, 0.05) is 5.54 Å². The molecule has 1 N–H and O–H groups in total. The van der Waals surface area contributed by atoms with E-state index in [-0.39, 0.29) is 16.4 Å². The lowest BCUT2D eigenvalue weighted by molar-refractivity contribution is 0.419. The highest BCUT2D eigenvalue weighted by Gasteiger charge is 2.07.